The van der Waals surface area contributed by atoms with Gasteiger partial charge >= 0.3 is 5.97 Å². The predicted octanol–water partition coefficient (Wildman–Crippen LogP) is 0.611. The fourth-order valence-electron chi connectivity index (χ4n) is 1.02. The van der Waals surface area contributed by atoms with E-state index in [-0.39, 0.29) is 11.9 Å². The summed E-state index contributed by atoms with van der Waals surface area (Å²) in [5.41, 5.74) is 0. The van der Waals surface area contributed by atoms with Crippen LogP contribution >= 0.6 is 11.5 Å². The molecule has 0 spiro atoms. The Balaban J connectivity index is 2.12. The van der Waals surface area contributed by atoms with Crippen molar-refractivity contribution in [2.75, 3.05) is 13.2 Å². The van der Waals surface area contributed by atoms with Crippen LogP contribution in [-0.4, -0.2) is 34.6 Å². The van der Waals surface area contributed by atoms with Crippen LogP contribution in [0.25, 0.3) is 0 Å². The lowest BCUT2D eigenvalue weighted by Gasteiger charge is -2.03. The average Bonchev–Trinajstić information content (AvgIpc) is 2.78. The molecule has 6 nitrogen and oxygen atoms in total. The molecule has 0 saturated heterocycles. The van der Waals surface area contributed by atoms with Gasteiger partial charge in [0.1, 0.15) is 4.88 Å². The monoisotopic (exact) mass is 243 g/mol. The number of carbonyl (C=O) groups is 2. The van der Waals surface area contributed by atoms with E-state index in [9.17, 15) is 9.59 Å². The Labute approximate surface area is 97.2 Å². The Hall–Kier alpha value is -1.50. The number of nitrogens with zero attached hydrogens (tertiary/aromatic N) is 2. The van der Waals surface area contributed by atoms with Crippen LogP contribution in [0.3, 0.4) is 0 Å². The molecule has 16 heavy (non-hydrogen) atoms. The van der Waals surface area contributed by atoms with Gasteiger partial charge in [-0.15, -0.1) is 5.10 Å². The van der Waals surface area contributed by atoms with Crippen molar-refractivity contribution in [1.29, 1.82) is 0 Å². The van der Waals surface area contributed by atoms with Gasteiger partial charge in [0.15, 0.2) is 0 Å². The Kier molecular flexibility index (Phi) is 5.41. The summed E-state index contributed by atoms with van der Waals surface area (Å²) in [6, 6.07) is 0. The summed E-state index contributed by atoms with van der Waals surface area (Å²) in [7, 11) is 0. The lowest BCUT2D eigenvalue weighted by Crippen LogP contribution is -2.24. The summed E-state index contributed by atoms with van der Waals surface area (Å²) < 4.78 is 8.33. The van der Waals surface area contributed by atoms with Crippen molar-refractivity contribution < 1.29 is 14.3 Å². The summed E-state index contributed by atoms with van der Waals surface area (Å²) in [6.45, 7) is 2.59. The maximum atomic E-state index is 11.4. The molecule has 0 saturated carbocycles. The molecule has 1 N–H and O–H groups in total. The smallest absolute Gasteiger partial charge is 0.305 e. The number of nitrogens with one attached hydrogen (secondary N) is 1. The van der Waals surface area contributed by atoms with Gasteiger partial charge in [-0.1, -0.05) is 4.49 Å². The van der Waals surface area contributed by atoms with Gasteiger partial charge in [0.05, 0.1) is 12.8 Å². The molecule has 88 valence electrons. The van der Waals surface area contributed by atoms with E-state index in [2.05, 4.69) is 14.9 Å². The quantitative estimate of drug-likeness (QED) is 0.585. The van der Waals surface area contributed by atoms with Crippen molar-refractivity contribution in [1.82, 2.24) is 14.9 Å². The molecular weight excluding hydrogens is 230 g/mol. The molecule has 0 aliphatic rings. The van der Waals surface area contributed by atoms with Crippen molar-refractivity contribution in [3.63, 3.8) is 0 Å². The highest BCUT2D eigenvalue weighted by molar-refractivity contribution is 7.07. The van der Waals surface area contributed by atoms with Gasteiger partial charge in [-0.3, -0.25) is 9.59 Å². The molecule has 0 aliphatic heterocycles. The third-order valence-electron chi connectivity index (χ3n) is 1.73. The SMILES string of the molecule is CCOC(=O)CCCNC(=O)c1cnns1. The van der Waals surface area contributed by atoms with E-state index < -0.39 is 0 Å². The number of esters is 1. The first-order valence-corrected chi connectivity index (χ1v) is 5.72. The van der Waals surface area contributed by atoms with Gasteiger partial charge in [-0.2, -0.15) is 0 Å². The van der Waals surface area contributed by atoms with Crippen LogP contribution in [0.5, 0.6) is 0 Å². The molecule has 0 aromatic carbocycles. The van der Waals surface area contributed by atoms with E-state index in [4.69, 9.17) is 4.74 Å². The lowest BCUT2D eigenvalue weighted by molar-refractivity contribution is -0.143. The average molecular weight is 243 g/mol. The number of amides is 1. The third-order valence-corrected chi connectivity index (χ3v) is 2.40. The van der Waals surface area contributed by atoms with E-state index in [1.165, 1.54) is 6.20 Å². The number of rotatable bonds is 6. The molecule has 1 heterocycles. The highest BCUT2D eigenvalue weighted by atomic mass is 32.1. The largest absolute Gasteiger partial charge is 0.466 e. The second kappa shape index (κ2) is 6.89. The van der Waals surface area contributed by atoms with Gasteiger partial charge < -0.3 is 10.1 Å². The van der Waals surface area contributed by atoms with Crippen LogP contribution in [0.2, 0.25) is 0 Å². The molecule has 0 radical (unpaired) electrons. The Morgan fingerprint density at radius 3 is 3.00 bits per heavy atom. The summed E-state index contributed by atoms with van der Waals surface area (Å²) >= 11 is 1.04. The summed E-state index contributed by atoms with van der Waals surface area (Å²) in [4.78, 5) is 22.8. The molecule has 1 aromatic heterocycles. The molecule has 1 amide bonds. The second-order valence-electron chi connectivity index (χ2n) is 2.95. The molecule has 0 aliphatic carbocycles. The van der Waals surface area contributed by atoms with Gasteiger partial charge in [-0.05, 0) is 24.9 Å². The van der Waals surface area contributed by atoms with Gasteiger partial charge in [0.2, 0.25) is 0 Å². The predicted molar refractivity (Wildman–Crippen MR) is 58.1 cm³/mol. The second-order valence-corrected chi connectivity index (χ2v) is 3.73. The van der Waals surface area contributed by atoms with Crippen LogP contribution in [0.15, 0.2) is 6.20 Å². The minimum absolute atomic E-state index is 0.209. The maximum absolute atomic E-state index is 11.4. The Morgan fingerprint density at radius 2 is 2.38 bits per heavy atom. The van der Waals surface area contributed by atoms with E-state index in [1.807, 2.05) is 0 Å². The lowest BCUT2D eigenvalue weighted by atomic mass is 10.3. The molecule has 0 unspecified atom stereocenters. The summed E-state index contributed by atoms with van der Waals surface area (Å²) in [5, 5.41) is 6.22. The molecule has 0 fully saturated rings. The van der Waals surface area contributed by atoms with E-state index in [0.717, 1.165) is 11.5 Å². The number of carbonyl (C=O) groups excluding carboxylic acids is 2. The van der Waals surface area contributed by atoms with Crippen molar-refractivity contribution in [2.45, 2.75) is 19.8 Å². The number of aromatic nitrogens is 2. The normalized spacial score (nSPS) is 9.81. The van der Waals surface area contributed by atoms with Crippen LogP contribution in [-0.2, 0) is 9.53 Å². The summed E-state index contributed by atoms with van der Waals surface area (Å²) in [5.74, 6) is -0.449. The van der Waals surface area contributed by atoms with E-state index in [0.29, 0.717) is 30.9 Å². The van der Waals surface area contributed by atoms with Crippen LogP contribution < -0.4 is 5.32 Å². The van der Waals surface area contributed by atoms with Crippen molar-refractivity contribution in [3.8, 4) is 0 Å². The maximum Gasteiger partial charge on any atom is 0.305 e. The summed E-state index contributed by atoms with van der Waals surface area (Å²) in [6.07, 6.45) is 2.29. The molecule has 0 atom stereocenters. The molecule has 0 bridgehead atoms. The van der Waals surface area contributed by atoms with Gasteiger partial charge in [0.25, 0.3) is 5.91 Å². The highest BCUT2D eigenvalue weighted by Gasteiger charge is 2.07. The number of hydrogen-bond acceptors (Lipinski definition) is 6. The van der Waals surface area contributed by atoms with Crippen molar-refractivity contribution in [2.24, 2.45) is 0 Å². The minimum Gasteiger partial charge on any atom is -0.466 e. The van der Waals surface area contributed by atoms with Crippen LogP contribution in [0.4, 0.5) is 0 Å². The van der Waals surface area contributed by atoms with Crippen LogP contribution in [0.1, 0.15) is 29.4 Å². The number of ether oxygens (including phenoxy) is 1. The van der Waals surface area contributed by atoms with E-state index >= 15 is 0 Å². The zero-order chi connectivity index (χ0) is 11.8. The zero-order valence-electron chi connectivity index (χ0n) is 8.93. The molecule has 1 aromatic rings. The topological polar surface area (TPSA) is 81.2 Å². The first kappa shape index (κ1) is 12.6. The highest BCUT2D eigenvalue weighted by Crippen LogP contribution is 2.01. The van der Waals surface area contributed by atoms with Gasteiger partial charge in [-0.25, -0.2) is 0 Å². The molecule has 1 rings (SSSR count). The van der Waals surface area contributed by atoms with Crippen molar-refractivity contribution >= 4 is 23.4 Å². The van der Waals surface area contributed by atoms with Crippen LogP contribution in [0, 0.1) is 0 Å². The zero-order valence-corrected chi connectivity index (χ0v) is 9.75. The Morgan fingerprint density at radius 1 is 1.56 bits per heavy atom. The van der Waals surface area contributed by atoms with Crippen molar-refractivity contribution in [3.05, 3.63) is 11.1 Å². The van der Waals surface area contributed by atoms with Gasteiger partial charge in [0, 0.05) is 13.0 Å². The molecular formula is C9H13N3O3S. The van der Waals surface area contributed by atoms with E-state index in [1.54, 1.807) is 6.92 Å². The third kappa shape index (κ3) is 4.35. The Bertz CT molecular complexity index is 340. The minimum atomic E-state index is -0.240. The fraction of sp³-hybridized carbons (Fsp3) is 0.556. The fourth-order valence-corrected chi connectivity index (χ4v) is 1.45. The number of hydrogen-bond donors (Lipinski definition) is 1. The first-order valence-electron chi connectivity index (χ1n) is 4.95. The molecule has 7 heteroatoms. The standard InChI is InChI=1S/C9H13N3O3S/c1-2-15-8(13)4-3-5-10-9(14)7-6-11-12-16-7/h6H,2-5H2,1H3,(H,10,14). The first-order chi connectivity index (χ1) is 7.74.